The normalized spacial score (nSPS) is 11.2. The first-order valence-electron chi connectivity index (χ1n) is 7.55. The molecule has 23 heavy (non-hydrogen) atoms. The van der Waals surface area contributed by atoms with E-state index in [0.717, 1.165) is 5.56 Å². The highest BCUT2D eigenvalue weighted by Crippen LogP contribution is 2.24. The number of hydrogen-bond donors (Lipinski definition) is 1. The number of ether oxygens (including phenoxy) is 1. The summed E-state index contributed by atoms with van der Waals surface area (Å²) >= 11 is 5.94. The Morgan fingerprint density at radius 3 is 2.39 bits per heavy atom. The van der Waals surface area contributed by atoms with Crippen LogP contribution in [-0.2, 0) is 10.2 Å². The lowest BCUT2D eigenvalue weighted by Gasteiger charge is -2.19. The van der Waals surface area contributed by atoms with Crippen LogP contribution in [0, 0.1) is 6.92 Å². The van der Waals surface area contributed by atoms with E-state index in [1.165, 1.54) is 5.56 Å². The molecule has 0 saturated carbocycles. The van der Waals surface area contributed by atoms with Crippen LogP contribution in [0.4, 0.5) is 5.69 Å². The molecule has 0 heterocycles. The first-order chi connectivity index (χ1) is 10.8. The number of amides is 1. The Kier molecular flexibility index (Phi) is 5.32. The maximum atomic E-state index is 12.0. The molecule has 2 aromatic rings. The summed E-state index contributed by atoms with van der Waals surface area (Å²) in [4.78, 5) is 12.0. The van der Waals surface area contributed by atoms with Crippen molar-refractivity contribution in [2.75, 3.05) is 11.9 Å². The summed E-state index contributed by atoms with van der Waals surface area (Å²) in [6.45, 7) is 8.34. The molecule has 3 nitrogen and oxygen atoms in total. The Labute approximate surface area is 142 Å². The zero-order valence-corrected chi connectivity index (χ0v) is 14.7. The van der Waals surface area contributed by atoms with E-state index < -0.39 is 0 Å². The molecule has 0 aromatic heterocycles. The van der Waals surface area contributed by atoms with Gasteiger partial charge in [-0.1, -0.05) is 50.6 Å². The van der Waals surface area contributed by atoms with Crippen LogP contribution in [0.1, 0.15) is 31.9 Å². The molecule has 2 aromatic carbocycles. The number of carbonyl (C=O) groups excluding carboxylic acids is 1. The molecule has 4 heteroatoms. The lowest BCUT2D eigenvalue weighted by Crippen LogP contribution is -2.20. The third kappa shape index (κ3) is 5.00. The molecule has 0 saturated heterocycles. The summed E-state index contributed by atoms with van der Waals surface area (Å²) in [6.07, 6.45) is 0. The molecule has 0 radical (unpaired) electrons. The van der Waals surface area contributed by atoms with Gasteiger partial charge in [0.15, 0.2) is 6.61 Å². The van der Waals surface area contributed by atoms with Gasteiger partial charge in [0.2, 0.25) is 0 Å². The predicted octanol–water partition coefficient (Wildman–Crippen LogP) is 4.96. The molecule has 0 spiro atoms. The van der Waals surface area contributed by atoms with Gasteiger partial charge < -0.3 is 10.1 Å². The van der Waals surface area contributed by atoms with Crippen LogP contribution >= 0.6 is 11.6 Å². The first kappa shape index (κ1) is 17.4. The Morgan fingerprint density at radius 1 is 1.13 bits per heavy atom. The standard InChI is InChI=1S/C19H22ClNO2/c1-13-5-8-15(20)11-17(13)21-18(22)12-23-16-9-6-14(7-10-16)19(2,3)4/h5-11H,12H2,1-4H3,(H,21,22). The fourth-order valence-electron chi connectivity index (χ4n) is 2.12. The SMILES string of the molecule is Cc1ccc(Cl)cc1NC(=O)COc1ccc(C(C)(C)C)cc1. The number of hydrogen-bond acceptors (Lipinski definition) is 2. The average Bonchev–Trinajstić information content (AvgIpc) is 2.48. The van der Waals surface area contributed by atoms with Crippen LogP contribution < -0.4 is 10.1 Å². The van der Waals surface area contributed by atoms with E-state index in [9.17, 15) is 4.79 Å². The summed E-state index contributed by atoms with van der Waals surface area (Å²) in [5.74, 6) is 0.464. The monoisotopic (exact) mass is 331 g/mol. The molecule has 122 valence electrons. The summed E-state index contributed by atoms with van der Waals surface area (Å²) in [5.41, 5.74) is 2.98. The molecule has 0 bridgehead atoms. The highest BCUT2D eigenvalue weighted by atomic mass is 35.5. The van der Waals surface area contributed by atoms with Gasteiger partial charge in [-0.05, 0) is 47.7 Å². The van der Waals surface area contributed by atoms with Crippen molar-refractivity contribution >= 4 is 23.2 Å². The molecule has 1 amide bonds. The zero-order chi connectivity index (χ0) is 17.0. The maximum Gasteiger partial charge on any atom is 0.262 e. The second-order valence-electron chi connectivity index (χ2n) is 6.57. The number of aryl methyl sites for hydroxylation is 1. The fraction of sp³-hybridized carbons (Fsp3) is 0.316. The number of nitrogens with one attached hydrogen (secondary N) is 1. The molecular weight excluding hydrogens is 310 g/mol. The van der Waals surface area contributed by atoms with Crippen molar-refractivity contribution < 1.29 is 9.53 Å². The molecule has 2 rings (SSSR count). The predicted molar refractivity (Wildman–Crippen MR) is 95.5 cm³/mol. The van der Waals surface area contributed by atoms with E-state index in [4.69, 9.17) is 16.3 Å². The van der Waals surface area contributed by atoms with Crippen molar-refractivity contribution in [1.82, 2.24) is 0 Å². The number of anilines is 1. The van der Waals surface area contributed by atoms with E-state index in [1.54, 1.807) is 12.1 Å². The quantitative estimate of drug-likeness (QED) is 0.859. The van der Waals surface area contributed by atoms with Crippen LogP contribution in [0.2, 0.25) is 5.02 Å². The zero-order valence-electron chi connectivity index (χ0n) is 13.9. The second-order valence-corrected chi connectivity index (χ2v) is 7.01. The van der Waals surface area contributed by atoms with Crippen LogP contribution in [0.5, 0.6) is 5.75 Å². The third-order valence-corrected chi connectivity index (χ3v) is 3.80. The molecule has 0 unspecified atom stereocenters. The minimum atomic E-state index is -0.213. The van der Waals surface area contributed by atoms with Gasteiger partial charge in [0, 0.05) is 10.7 Å². The Hall–Kier alpha value is -2.00. The van der Waals surface area contributed by atoms with Gasteiger partial charge in [-0.3, -0.25) is 4.79 Å². The van der Waals surface area contributed by atoms with Gasteiger partial charge in [-0.25, -0.2) is 0 Å². The van der Waals surface area contributed by atoms with Gasteiger partial charge in [0.25, 0.3) is 5.91 Å². The molecule has 1 N–H and O–H groups in total. The van der Waals surface area contributed by atoms with Gasteiger partial charge >= 0.3 is 0 Å². The van der Waals surface area contributed by atoms with Crippen LogP contribution in [0.15, 0.2) is 42.5 Å². The Bertz CT molecular complexity index is 688. The van der Waals surface area contributed by atoms with Crippen LogP contribution in [-0.4, -0.2) is 12.5 Å². The van der Waals surface area contributed by atoms with Crippen molar-refractivity contribution in [1.29, 1.82) is 0 Å². The van der Waals surface area contributed by atoms with E-state index in [1.807, 2.05) is 37.3 Å². The minimum Gasteiger partial charge on any atom is -0.484 e. The van der Waals surface area contributed by atoms with Crippen LogP contribution in [0.3, 0.4) is 0 Å². The third-order valence-electron chi connectivity index (χ3n) is 3.56. The van der Waals surface area contributed by atoms with Crippen LogP contribution in [0.25, 0.3) is 0 Å². The van der Waals surface area contributed by atoms with Gasteiger partial charge in [0.05, 0.1) is 0 Å². The van der Waals surface area contributed by atoms with Gasteiger partial charge in [0.1, 0.15) is 5.75 Å². The topological polar surface area (TPSA) is 38.3 Å². The highest BCUT2D eigenvalue weighted by molar-refractivity contribution is 6.31. The highest BCUT2D eigenvalue weighted by Gasteiger charge is 2.13. The number of halogens is 1. The Balaban J connectivity index is 1.93. The molecule has 0 fully saturated rings. The number of benzene rings is 2. The summed E-state index contributed by atoms with van der Waals surface area (Å²) in [7, 11) is 0. The van der Waals surface area contributed by atoms with E-state index in [0.29, 0.717) is 16.5 Å². The minimum absolute atomic E-state index is 0.0409. The van der Waals surface area contributed by atoms with Crippen molar-refractivity contribution in [2.45, 2.75) is 33.1 Å². The van der Waals surface area contributed by atoms with Gasteiger partial charge in [-0.15, -0.1) is 0 Å². The van der Waals surface area contributed by atoms with Crippen molar-refractivity contribution in [3.8, 4) is 5.75 Å². The number of carbonyl (C=O) groups is 1. The van der Waals surface area contributed by atoms with E-state index in [-0.39, 0.29) is 17.9 Å². The molecule has 0 aliphatic rings. The van der Waals surface area contributed by atoms with E-state index in [2.05, 4.69) is 26.1 Å². The van der Waals surface area contributed by atoms with Crippen molar-refractivity contribution in [2.24, 2.45) is 0 Å². The average molecular weight is 332 g/mol. The number of rotatable bonds is 4. The largest absolute Gasteiger partial charge is 0.484 e. The Morgan fingerprint density at radius 2 is 1.78 bits per heavy atom. The summed E-state index contributed by atoms with van der Waals surface area (Å²) < 4.78 is 5.53. The fourth-order valence-corrected chi connectivity index (χ4v) is 2.29. The van der Waals surface area contributed by atoms with Crippen molar-refractivity contribution in [3.63, 3.8) is 0 Å². The molecular formula is C19H22ClNO2. The van der Waals surface area contributed by atoms with Crippen molar-refractivity contribution in [3.05, 3.63) is 58.6 Å². The first-order valence-corrected chi connectivity index (χ1v) is 7.93. The molecule has 0 atom stereocenters. The van der Waals surface area contributed by atoms with Gasteiger partial charge in [-0.2, -0.15) is 0 Å². The summed E-state index contributed by atoms with van der Waals surface area (Å²) in [6, 6.07) is 13.2. The summed E-state index contributed by atoms with van der Waals surface area (Å²) in [5, 5.41) is 3.40. The lowest BCUT2D eigenvalue weighted by molar-refractivity contribution is -0.118. The second kappa shape index (κ2) is 7.05. The lowest BCUT2D eigenvalue weighted by atomic mass is 9.87. The van der Waals surface area contributed by atoms with E-state index >= 15 is 0 Å². The molecule has 0 aliphatic carbocycles. The molecule has 0 aliphatic heterocycles. The maximum absolute atomic E-state index is 12.0. The smallest absolute Gasteiger partial charge is 0.262 e.